The Kier molecular flexibility index (Phi) is 6.56. The van der Waals surface area contributed by atoms with Crippen LogP contribution in [0.2, 0.25) is 5.02 Å². The highest BCUT2D eigenvalue weighted by molar-refractivity contribution is 7.99. The van der Waals surface area contributed by atoms with Gasteiger partial charge < -0.3 is 5.73 Å². The number of hydrogen-bond donors (Lipinski definition) is 2. The quantitative estimate of drug-likeness (QED) is 0.586. The summed E-state index contributed by atoms with van der Waals surface area (Å²) in [4.78, 5) is 27.1. The number of halogens is 1. The summed E-state index contributed by atoms with van der Waals surface area (Å²) in [6.45, 7) is -0.330. The predicted octanol–water partition coefficient (Wildman–Crippen LogP) is 1.36. The van der Waals surface area contributed by atoms with E-state index in [-0.39, 0.29) is 18.9 Å². The van der Waals surface area contributed by atoms with Crippen molar-refractivity contribution in [3.05, 3.63) is 29.3 Å². The van der Waals surface area contributed by atoms with Crippen LogP contribution in [0.5, 0.6) is 0 Å². The Balaban J connectivity index is 2.20. The first-order valence-corrected chi connectivity index (χ1v) is 6.52. The lowest BCUT2D eigenvalue weighted by atomic mass is 10.4. The third-order valence-electron chi connectivity index (χ3n) is 1.82. The van der Waals surface area contributed by atoms with E-state index in [4.69, 9.17) is 17.3 Å². The van der Waals surface area contributed by atoms with Crippen molar-refractivity contribution in [3.63, 3.8) is 0 Å². The van der Waals surface area contributed by atoms with Gasteiger partial charge in [-0.05, 0) is 12.1 Å². The fourth-order valence-corrected chi connectivity index (χ4v) is 2.24. The summed E-state index contributed by atoms with van der Waals surface area (Å²) in [7, 11) is 0. The van der Waals surface area contributed by atoms with Gasteiger partial charge in [-0.2, -0.15) is 0 Å². The first-order chi connectivity index (χ1) is 8.59. The van der Waals surface area contributed by atoms with Gasteiger partial charge in [-0.15, -0.1) is 11.8 Å². The normalized spacial score (nSPS) is 10.1. The minimum Gasteiger partial charge on any atom is -0.368 e. The number of rotatable bonds is 7. The van der Waals surface area contributed by atoms with Gasteiger partial charge in [-0.25, -0.2) is 5.48 Å². The van der Waals surface area contributed by atoms with Gasteiger partial charge in [-0.3, -0.25) is 14.4 Å². The van der Waals surface area contributed by atoms with Gasteiger partial charge in [0.25, 0.3) is 0 Å². The average Bonchev–Trinajstić information content (AvgIpc) is 2.31. The zero-order valence-corrected chi connectivity index (χ0v) is 11.1. The third kappa shape index (κ3) is 5.90. The Labute approximate surface area is 114 Å². The molecule has 1 aromatic carbocycles. The summed E-state index contributed by atoms with van der Waals surface area (Å²) in [6, 6.07) is 7.40. The van der Waals surface area contributed by atoms with Crippen LogP contribution in [0, 0.1) is 0 Å². The molecule has 0 saturated carbocycles. The highest BCUT2D eigenvalue weighted by Gasteiger charge is 2.04. The van der Waals surface area contributed by atoms with Crippen LogP contribution in [0.25, 0.3) is 0 Å². The first kappa shape index (κ1) is 14.8. The van der Waals surface area contributed by atoms with E-state index in [9.17, 15) is 9.59 Å². The largest absolute Gasteiger partial charge is 0.368 e. The van der Waals surface area contributed by atoms with Crippen molar-refractivity contribution in [2.24, 2.45) is 5.73 Å². The molecule has 0 aromatic heterocycles. The number of primary amides is 1. The van der Waals surface area contributed by atoms with Crippen molar-refractivity contribution in [1.29, 1.82) is 0 Å². The highest BCUT2D eigenvalue weighted by atomic mass is 35.5. The van der Waals surface area contributed by atoms with Crippen molar-refractivity contribution < 1.29 is 14.4 Å². The van der Waals surface area contributed by atoms with E-state index in [0.717, 1.165) is 4.90 Å². The second kappa shape index (κ2) is 7.97. The topological polar surface area (TPSA) is 81.4 Å². The molecule has 0 radical (unpaired) electrons. The molecule has 0 aliphatic carbocycles. The van der Waals surface area contributed by atoms with Crippen LogP contribution in [-0.4, -0.2) is 24.2 Å². The smallest absolute Gasteiger partial charge is 0.246 e. The molecule has 98 valence electrons. The summed E-state index contributed by atoms with van der Waals surface area (Å²) >= 11 is 7.44. The number of thioether (sulfide) groups is 1. The number of benzene rings is 1. The minimum absolute atomic E-state index is 0.259. The molecule has 7 heteroatoms. The van der Waals surface area contributed by atoms with E-state index in [1.54, 1.807) is 6.07 Å². The minimum atomic E-state index is -0.638. The molecule has 0 aliphatic rings. The highest BCUT2D eigenvalue weighted by Crippen LogP contribution is 2.26. The van der Waals surface area contributed by atoms with Gasteiger partial charge >= 0.3 is 0 Å². The van der Waals surface area contributed by atoms with E-state index in [1.807, 2.05) is 18.2 Å². The van der Waals surface area contributed by atoms with Crippen molar-refractivity contribution in [3.8, 4) is 0 Å². The molecule has 18 heavy (non-hydrogen) atoms. The van der Waals surface area contributed by atoms with E-state index >= 15 is 0 Å². The van der Waals surface area contributed by atoms with Crippen molar-refractivity contribution in [2.75, 3.05) is 12.4 Å². The Hall–Kier alpha value is -1.24. The molecule has 3 N–H and O–H groups in total. The average molecular weight is 289 g/mol. The van der Waals surface area contributed by atoms with Gasteiger partial charge in [0.15, 0.2) is 6.61 Å². The Morgan fingerprint density at radius 2 is 2.11 bits per heavy atom. The standard InChI is InChI=1S/C11H13ClN2O3S/c12-8-3-1-2-4-9(8)18-6-5-11(16)14-17-7-10(13)15/h1-4H,5-7H2,(H2,13,15)(H,14,16). The second-order valence-corrected chi connectivity index (χ2v) is 4.85. The van der Waals surface area contributed by atoms with Crippen LogP contribution in [0.3, 0.4) is 0 Å². The van der Waals surface area contributed by atoms with E-state index in [2.05, 4.69) is 10.3 Å². The molecule has 0 bridgehead atoms. The zero-order valence-electron chi connectivity index (χ0n) is 9.52. The molecule has 0 atom stereocenters. The van der Waals surface area contributed by atoms with Gasteiger partial charge in [0, 0.05) is 17.1 Å². The monoisotopic (exact) mass is 288 g/mol. The van der Waals surface area contributed by atoms with Crippen molar-refractivity contribution in [1.82, 2.24) is 5.48 Å². The molecule has 0 saturated heterocycles. The molecular formula is C11H13ClN2O3S. The van der Waals surface area contributed by atoms with Crippen LogP contribution in [0.15, 0.2) is 29.2 Å². The maximum absolute atomic E-state index is 11.3. The summed E-state index contributed by atoms with van der Waals surface area (Å²) in [5.74, 6) is -0.383. The Bertz CT molecular complexity index is 429. The fraction of sp³-hybridized carbons (Fsp3) is 0.273. The molecule has 0 heterocycles. The third-order valence-corrected chi connectivity index (χ3v) is 3.34. The Morgan fingerprint density at radius 3 is 2.78 bits per heavy atom. The van der Waals surface area contributed by atoms with Crippen LogP contribution < -0.4 is 11.2 Å². The fourth-order valence-electron chi connectivity index (χ4n) is 1.05. The van der Waals surface area contributed by atoms with Gasteiger partial charge in [0.2, 0.25) is 11.8 Å². The number of nitrogens with one attached hydrogen (secondary N) is 1. The number of carbonyl (C=O) groups is 2. The van der Waals surface area contributed by atoms with Crippen LogP contribution in [0.4, 0.5) is 0 Å². The van der Waals surface area contributed by atoms with Crippen molar-refractivity contribution >= 4 is 35.2 Å². The second-order valence-electron chi connectivity index (χ2n) is 3.31. The van der Waals surface area contributed by atoms with Crippen LogP contribution in [-0.2, 0) is 14.4 Å². The summed E-state index contributed by atoms with van der Waals surface area (Å²) in [5.41, 5.74) is 6.97. The molecule has 0 fully saturated rings. The molecular weight excluding hydrogens is 276 g/mol. The number of hydrogen-bond acceptors (Lipinski definition) is 4. The zero-order chi connectivity index (χ0) is 13.4. The SMILES string of the molecule is NC(=O)CONC(=O)CCSc1ccccc1Cl. The Morgan fingerprint density at radius 1 is 1.39 bits per heavy atom. The molecule has 5 nitrogen and oxygen atoms in total. The molecule has 1 aromatic rings. The summed E-state index contributed by atoms with van der Waals surface area (Å²) < 4.78 is 0. The maximum atomic E-state index is 11.3. The summed E-state index contributed by atoms with van der Waals surface area (Å²) in [5, 5.41) is 0.660. The van der Waals surface area contributed by atoms with Crippen LogP contribution in [0.1, 0.15) is 6.42 Å². The van der Waals surface area contributed by atoms with Gasteiger partial charge in [0.1, 0.15) is 0 Å². The molecule has 2 amide bonds. The van der Waals surface area contributed by atoms with Gasteiger partial charge in [0.05, 0.1) is 5.02 Å². The van der Waals surface area contributed by atoms with Crippen molar-refractivity contribution in [2.45, 2.75) is 11.3 Å². The lowest BCUT2D eigenvalue weighted by Gasteiger charge is -2.05. The molecule has 0 unspecified atom stereocenters. The van der Waals surface area contributed by atoms with E-state index in [0.29, 0.717) is 10.8 Å². The lowest BCUT2D eigenvalue weighted by molar-refractivity contribution is -0.137. The summed E-state index contributed by atoms with van der Waals surface area (Å²) in [6.07, 6.45) is 0.259. The van der Waals surface area contributed by atoms with Gasteiger partial charge in [-0.1, -0.05) is 23.7 Å². The van der Waals surface area contributed by atoms with E-state index in [1.165, 1.54) is 11.8 Å². The molecule has 1 rings (SSSR count). The predicted molar refractivity (Wildman–Crippen MR) is 70.1 cm³/mol. The first-order valence-electron chi connectivity index (χ1n) is 5.16. The van der Waals surface area contributed by atoms with Crippen LogP contribution >= 0.6 is 23.4 Å². The van der Waals surface area contributed by atoms with E-state index < -0.39 is 5.91 Å². The lowest BCUT2D eigenvalue weighted by Crippen LogP contribution is -2.29. The number of carbonyl (C=O) groups excluding carboxylic acids is 2. The molecule has 0 aliphatic heterocycles. The number of amides is 2. The molecule has 0 spiro atoms. The maximum Gasteiger partial charge on any atom is 0.246 e. The number of hydroxylamine groups is 1. The number of nitrogens with two attached hydrogens (primary N) is 1.